The van der Waals surface area contributed by atoms with Gasteiger partial charge in [-0.2, -0.15) is 0 Å². The maximum atomic E-state index is 13.5. The van der Waals surface area contributed by atoms with E-state index in [9.17, 15) is 4.79 Å². The van der Waals surface area contributed by atoms with E-state index in [1.807, 2.05) is 6.07 Å². The number of Topliss-reactive ketones (excluding diaryl/α,β-unsaturated/α-hetero) is 1. The summed E-state index contributed by atoms with van der Waals surface area (Å²) in [6.07, 6.45) is 9.86. The van der Waals surface area contributed by atoms with Gasteiger partial charge in [0.2, 0.25) is 0 Å². The predicted molar refractivity (Wildman–Crippen MR) is 147 cm³/mol. The Labute approximate surface area is 222 Å². The summed E-state index contributed by atoms with van der Waals surface area (Å²) in [6, 6.07) is 10.4. The molecule has 0 heterocycles. The Kier molecular flexibility index (Phi) is 6.05. The lowest BCUT2D eigenvalue weighted by Gasteiger charge is -2.73. The molecule has 0 saturated heterocycles. The van der Waals surface area contributed by atoms with Crippen LogP contribution in [-0.4, -0.2) is 16.2 Å². The fourth-order valence-corrected chi connectivity index (χ4v) is 11.5. The van der Waals surface area contributed by atoms with E-state index in [-0.39, 0.29) is 22.7 Å². The van der Waals surface area contributed by atoms with Crippen molar-refractivity contribution in [3.63, 3.8) is 0 Å². The van der Waals surface area contributed by atoms with E-state index >= 15 is 0 Å². The van der Waals surface area contributed by atoms with Gasteiger partial charge in [-0.15, -0.1) is 0 Å². The number of ketones is 1. The van der Waals surface area contributed by atoms with Crippen LogP contribution in [0.1, 0.15) is 105 Å². The molecular formula is C32H47BrO2. The quantitative estimate of drug-likeness (QED) is 0.355. The Balaban J connectivity index is 1.54. The summed E-state index contributed by atoms with van der Waals surface area (Å²) in [5.74, 6) is 1.69. The largest absolute Gasteiger partial charge is 0.372 e. The number of benzene rings is 1. The maximum absolute atomic E-state index is 13.5. The lowest BCUT2D eigenvalue weighted by molar-refractivity contribution is -0.237. The van der Waals surface area contributed by atoms with Crippen LogP contribution < -0.4 is 0 Å². The van der Waals surface area contributed by atoms with Crippen molar-refractivity contribution in [1.29, 1.82) is 0 Å². The van der Waals surface area contributed by atoms with Crippen LogP contribution in [0.4, 0.5) is 0 Å². The van der Waals surface area contributed by atoms with E-state index in [1.54, 1.807) is 6.92 Å². The molecule has 0 radical (unpaired) electrons. The molecule has 2 nitrogen and oxygen atoms in total. The van der Waals surface area contributed by atoms with Gasteiger partial charge in [-0.05, 0) is 96.3 Å². The third-order valence-electron chi connectivity index (χ3n) is 13.1. The van der Waals surface area contributed by atoms with Crippen LogP contribution >= 0.6 is 15.9 Å². The van der Waals surface area contributed by atoms with Crippen molar-refractivity contribution in [2.45, 2.75) is 117 Å². The molecule has 4 aliphatic rings. The molecular weight excluding hydrogens is 496 g/mol. The minimum atomic E-state index is -0.631. The van der Waals surface area contributed by atoms with Gasteiger partial charge in [-0.25, -0.2) is 0 Å². The Hall–Kier alpha value is -0.670. The maximum Gasteiger partial charge on any atom is 0.149 e. The lowest BCUT2D eigenvalue weighted by Crippen LogP contribution is -2.67. The molecule has 194 valence electrons. The highest BCUT2D eigenvalue weighted by molar-refractivity contribution is 9.10. The summed E-state index contributed by atoms with van der Waals surface area (Å²) in [5, 5.41) is 0. The molecule has 1 aromatic carbocycles. The number of carbonyl (C=O) groups excluding carboxylic acids is 1. The summed E-state index contributed by atoms with van der Waals surface area (Å²) >= 11 is 4.14. The van der Waals surface area contributed by atoms with E-state index < -0.39 is 4.32 Å². The number of carbonyl (C=O) groups is 1. The van der Waals surface area contributed by atoms with Crippen molar-refractivity contribution >= 4 is 21.7 Å². The average Bonchev–Trinajstić information content (AvgIpc) is 2.99. The first kappa shape index (κ1) is 26.0. The topological polar surface area (TPSA) is 26.3 Å². The summed E-state index contributed by atoms with van der Waals surface area (Å²) in [7, 11) is 0. The van der Waals surface area contributed by atoms with Gasteiger partial charge in [-0.3, -0.25) is 4.79 Å². The van der Waals surface area contributed by atoms with Crippen LogP contribution in [0.25, 0.3) is 0 Å². The molecule has 35 heavy (non-hydrogen) atoms. The third kappa shape index (κ3) is 3.19. The molecule has 3 heteroatoms. The van der Waals surface area contributed by atoms with Gasteiger partial charge >= 0.3 is 0 Å². The van der Waals surface area contributed by atoms with E-state index in [2.05, 4.69) is 81.7 Å². The van der Waals surface area contributed by atoms with Crippen molar-refractivity contribution in [3.05, 3.63) is 35.9 Å². The molecule has 5 rings (SSSR count). The monoisotopic (exact) mass is 542 g/mol. The first-order chi connectivity index (χ1) is 16.3. The predicted octanol–water partition coefficient (Wildman–Crippen LogP) is 8.75. The molecule has 0 unspecified atom stereocenters. The van der Waals surface area contributed by atoms with Crippen LogP contribution in [-0.2, 0) is 16.1 Å². The van der Waals surface area contributed by atoms with Gasteiger partial charge in [0.05, 0.1) is 12.7 Å². The molecule has 4 saturated carbocycles. The number of halogens is 1. The summed E-state index contributed by atoms with van der Waals surface area (Å²) in [4.78, 5) is 13.5. The van der Waals surface area contributed by atoms with Crippen molar-refractivity contribution in [3.8, 4) is 0 Å². The van der Waals surface area contributed by atoms with Gasteiger partial charge in [0.25, 0.3) is 0 Å². The van der Waals surface area contributed by atoms with Gasteiger partial charge in [0.1, 0.15) is 10.1 Å². The fourth-order valence-electron chi connectivity index (χ4n) is 10.5. The third-order valence-corrected chi connectivity index (χ3v) is 15.1. The van der Waals surface area contributed by atoms with E-state index in [1.165, 1.54) is 44.1 Å². The standard InChI is InChI=1S/C32H47BrO2/c1-22-13-16-30(6)27(3,19-22)15-14-25-28(30,4)17-18-31(7)29(25,5)20-26(32(31,33)23(2)34)35-21-24-11-9-8-10-12-24/h8-12,22,25-26H,13-21H2,1-7H3/t22-,25+,26-,27-,28-,29-,30-,31-,32+/m0/s1. The van der Waals surface area contributed by atoms with Gasteiger partial charge in [0.15, 0.2) is 0 Å². The second-order valence-corrected chi connectivity index (χ2v) is 15.5. The first-order valence-corrected chi connectivity index (χ1v) is 14.9. The Morgan fingerprint density at radius 1 is 0.914 bits per heavy atom. The molecule has 4 aliphatic carbocycles. The van der Waals surface area contributed by atoms with Crippen LogP contribution in [0.2, 0.25) is 0 Å². The van der Waals surface area contributed by atoms with Gasteiger partial charge in [-0.1, -0.05) is 94.2 Å². The Morgan fingerprint density at radius 3 is 2.26 bits per heavy atom. The van der Waals surface area contributed by atoms with Crippen LogP contribution in [0, 0.1) is 38.9 Å². The zero-order valence-corrected chi connectivity index (χ0v) is 24.8. The average molecular weight is 544 g/mol. The lowest BCUT2D eigenvalue weighted by atomic mass is 9.32. The number of hydrogen-bond acceptors (Lipinski definition) is 2. The van der Waals surface area contributed by atoms with E-state index in [4.69, 9.17) is 4.74 Å². The van der Waals surface area contributed by atoms with Crippen LogP contribution in [0.5, 0.6) is 0 Å². The normalized spacial score (nSPS) is 51.3. The van der Waals surface area contributed by atoms with Crippen LogP contribution in [0.15, 0.2) is 30.3 Å². The number of ether oxygens (including phenoxy) is 1. The molecule has 0 aliphatic heterocycles. The molecule has 0 bridgehead atoms. The number of rotatable bonds is 4. The molecule has 0 spiro atoms. The fraction of sp³-hybridized carbons (Fsp3) is 0.781. The molecule has 0 amide bonds. The van der Waals surface area contributed by atoms with Gasteiger partial charge < -0.3 is 4.74 Å². The molecule has 4 fully saturated rings. The van der Waals surface area contributed by atoms with E-state index in [0.717, 1.165) is 18.8 Å². The van der Waals surface area contributed by atoms with Crippen molar-refractivity contribution in [2.24, 2.45) is 38.9 Å². The number of alkyl halides is 1. The summed E-state index contributed by atoms with van der Waals surface area (Å²) < 4.78 is 6.07. The molecule has 9 atom stereocenters. The second-order valence-electron chi connectivity index (χ2n) is 14.3. The van der Waals surface area contributed by atoms with Gasteiger partial charge in [0, 0.05) is 0 Å². The minimum Gasteiger partial charge on any atom is -0.372 e. The second kappa shape index (κ2) is 8.16. The highest BCUT2D eigenvalue weighted by Crippen LogP contribution is 2.80. The van der Waals surface area contributed by atoms with Crippen LogP contribution in [0.3, 0.4) is 0 Å². The highest BCUT2D eigenvalue weighted by atomic mass is 79.9. The number of hydrogen-bond donors (Lipinski definition) is 0. The molecule has 1 aromatic rings. The smallest absolute Gasteiger partial charge is 0.149 e. The van der Waals surface area contributed by atoms with Crippen molar-refractivity contribution in [2.75, 3.05) is 0 Å². The Bertz CT molecular complexity index is 993. The zero-order chi connectivity index (χ0) is 25.5. The van der Waals surface area contributed by atoms with Crippen molar-refractivity contribution < 1.29 is 9.53 Å². The van der Waals surface area contributed by atoms with E-state index in [0.29, 0.717) is 28.8 Å². The Morgan fingerprint density at radius 2 is 1.60 bits per heavy atom. The molecule has 0 aromatic heterocycles. The zero-order valence-electron chi connectivity index (χ0n) is 23.2. The molecule has 0 N–H and O–H groups in total. The summed E-state index contributed by atoms with van der Waals surface area (Å²) in [6.45, 7) is 17.7. The first-order valence-electron chi connectivity index (χ1n) is 14.1. The van der Waals surface area contributed by atoms with Crippen molar-refractivity contribution in [1.82, 2.24) is 0 Å². The SMILES string of the molecule is CC(=O)[C@@]1(Br)[C@@H](OCc2ccccc2)C[C@@]2(C)[C@@H]3CC[C@@]4(C)C[C@@H](C)CC[C@]4(C)[C@@]3(C)CC[C@@]21C. The highest BCUT2D eigenvalue weighted by Gasteiger charge is 2.77. The minimum absolute atomic E-state index is 0.0595. The number of fused-ring (bicyclic) bond motifs is 5. The summed E-state index contributed by atoms with van der Waals surface area (Å²) in [5.41, 5.74) is 2.20.